The molecule has 1 N–H and O–H groups in total. The topological polar surface area (TPSA) is 93.8 Å². The Bertz CT molecular complexity index is 1660. The van der Waals surface area contributed by atoms with Gasteiger partial charge in [-0.05, 0) is 42.0 Å². The van der Waals surface area contributed by atoms with Gasteiger partial charge in [-0.2, -0.15) is 0 Å². The van der Waals surface area contributed by atoms with E-state index in [0.29, 0.717) is 18.8 Å². The van der Waals surface area contributed by atoms with Crippen molar-refractivity contribution < 1.29 is 35.5 Å². The molecule has 39 heavy (non-hydrogen) atoms. The molecule has 0 saturated carbocycles. The molecule has 0 amide bonds. The Labute approximate surface area is 250 Å². The summed E-state index contributed by atoms with van der Waals surface area (Å²) in [5, 5.41) is 3.85. The number of benzene rings is 3. The van der Waals surface area contributed by atoms with Crippen LogP contribution in [0.3, 0.4) is 0 Å². The van der Waals surface area contributed by atoms with Gasteiger partial charge in [0, 0.05) is 17.5 Å². The largest absolute Gasteiger partial charge is 1.00 e. The Morgan fingerprint density at radius 3 is 2.26 bits per heavy atom. The molecule has 3 aromatic carbocycles. The third-order valence-electron chi connectivity index (χ3n) is 6.76. The van der Waals surface area contributed by atoms with Crippen LogP contribution in [0.5, 0.6) is 0 Å². The standard InChI is InChI=1S/C31H30N4O3.Na.H/c1-3-4-14-28-27(30(36)35(21(2)32-28)20-23-10-6-5-7-11-23)19-22-15-17-24(18-16-22)25-12-8-9-13-26(25)29-33-31(37)38-34-29;;/h5-13,15-18H,3-4,14,19-20H2,1-2H3,(H,33,34,37);;/q;+1;-1. The molecular weight excluding hydrogens is 499 g/mol. The Hall–Kier alpha value is -3.52. The maximum absolute atomic E-state index is 13.8. The normalized spacial score (nSPS) is 10.8. The second-order valence-electron chi connectivity index (χ2n) is 9.43. The molecule has 0 bridgehead atoms. The van der Waals surface area contributed by atoms with Crippen LogP contribution in [0.25, 0.3) is 22.5 Å². The van der Waals surface area contributed by atoms with Crippen LogP contribution in [0, 0.1) is 6.92 Å². The zero-order valence-corrected chi connectivity index (χ0v) is 24.6. The van der Waals surface area contributed by atoms with Crippen molar-refractivity contribution in [1.82, 2.24) is 19.7 Å². The SMILES string of the molecule is CCCCc1nc(C)n(Cc2ccccc2)c(=O)c1Cc1ccc(-c2ccccc2-c2noc(=O)[nH]2)cc1.[H-].[Na+]. The second-order valence-corrected chi connectivity index (χ2v) is 9.43. The maximum Gasteiger partial charge on any atom is 1.00 e. The van der Waals surface area contributed by atoms with E-state index in [1.165, 1.54) is 0 Å². The predicted octanol–water partition coefficient (Wildman–Crippen LogP) is 2.66. The summed E-state index contributed by atoms with van der Waals surface area (Å²) in [5.41, 5.74) is 6.46. The van der Waals surface area contributed by atoms with E-state index in [1.54, 1.807) is 4.57 Å². The van der Waals surface area contributed by atoms with Gasteiger partial charge >= 0.3 is 35.3 Å². The number of aromatic nitrogens is 4. The van der Waals surface area contributed by atoms with Gasteiger partial charge in [-0.1, -0.05) is 97.4 Å². The van der Waals surface area contributed by atoms with Crippen molar-refractivity contribution in [3.05, 3.63) is 128 Å². The first kappa shape index (κ1) is 28.5. The number of nitrogens with zero attached hydrogens (tertiary/aromatic N) is 3. The minimum Gasteiger partial charge on any atom is -1.00 e. The predicted molar refractivity (Wildman–Crippen MR) is 149 cm³/mol. The van der Waals surface area contributed by atoms with Crippen molar-refractivity contribution in [3.8, 4) is 22.5 Å². The van der Waals surface area contributed by atoms with E-state index < -0.39 is 5.76 Å². The van der Waals surface area contributed by atoms with Gasteiger partial charge in [-0.25, -0.2) is 9.78 Å². The summed E-state index contributed by atoms with van der Waals surface area (Å²) in [6.45, 7) is 4.56. The van der Waals surface area contributed by atoms with Crippen LogP contribution in [-0.4, -0.2) is 19.7 Å². The molecule has 0 aliphatic heterocycles. The smallest absolute Gasteiger partial charge is 1.00 e. The second kappa shape index (κ2) is 13.0. The van der Waals surface area contributed by atoms with E-state index in [0.717, 1.165) is 64.2 Å². The summed E-state index contributed by atoms with van der Waals surface area (Å²) in [6, 6.07) is 25.9. The molecular formula is C31H31N4NaO3. The summed E-state index contributed by atoms with van der Waals surface area (Å²) in [7, 11) is 0. The number of hydrogen-bond donors (Lipinski definition) is 1. The third-order valence-corrected chi connectivity index (χ3v) is 6.76. The fourth-order valence-electron chi connectivity index (χ4n) is 4.73. The molecule has 2 heterocycles. The molecule has 5 rings (SSSR count). The number of hydrogen-bond acceptors (Lipinski definition) is 5. The fourth-order valence-corrected chi connectivity index (χ4v) is 4.73. The molecule has 0 aliphatic carbocycles. The average molecular weight is 531 g/mol. The van der Waals surface area contributed by atoms with Gasteiger partial charge in [0.2, 0.25) is 0 Å². The molecule has 0 aliphatic rings. The quantitative estimate of drug-likeness (QED) is 0.296. The molecule has 0 radical (unpaired) electrons. The summed E-state index contributed by atoms with van der Waals surface area (Å²) < 4.78 is 6.48. The molecule has 2 aromatic heterocycles. The summed E-state index contributed by atoms with van der Waals surface area (Å²) in [4.78, 5) is 32.8. The van der Waals surface area contributed by atoms with Gasteiger partial charge in [0.15, 0.2) is 5.82 Å². The minimum absolute atomic E-state index is 0. The molecule has 0 atom stereocenters. The Morgan fingerprint density at radius 1 is 0.897 bits per heavy atom. The van der Waals surface area contributed by atoms with E-state index in [4.69, 9.17) is 9.51 Å². The minimum atomic E-state index is -0.589. The number of H-pyrrole nitrogens is 1. The summed E-state index contributed by atoms with van der Waals surface area (Å²) >= 11 is 0. The molecule has 7 nitrogen and oxygen atoms in total. The van der Waals surface area contributed by atoms with Crippen LogP contribution in [0.4, 0.5) is 0 Å². The van der Waals surface area contributed by atoms with Gasteiger partial charge in [-0.15, -0.1) is 0 Å². The number of rotatable bonds is 9. The van der Waals surface area contributed by atoms with Crippen LogP contribution < -0.4 is 40.9 Å². The molecule has 5 aromatic rings. The summed E-state index contributed by atoms with van der Waals surface area (Å²) in [5.74, 6) is 0.542. The number of aryl methyl sites for hydroxylation is 2. The number of aromatic amines is 1. The Kier molecular flexibility index (Phi) is 9.51. The molecule has 0 spiro atoms. The molecule has 194 valence electrons. The van der Waals surface area contributed by atoms with Crippen LogP contribution in [0.1, 0.15) is 49.4 Å². The van der Waals surface area contributed by atoms with Gasteiger partial charge in [0.05, 0.1) is 12.2 Å². The van der Waals surface area contributed by atoms with E-state index in [2.05, 4.69) is 17.1 Å². The van der Waals surface area contributed by atoms with Crippen LogP contribution >= 0.6 is 0 Å². The zero-order valence-electron chi connectivity index (χ0n) is 23.6. The van der Waals surface area contributed by atoms with Crippen molar-refractivity contribution in [1.29, 1.82) is 0 Å². The summed E-state index contributed by atoms with van der Waals surface area (Å²) in [6.07, 6.45) is 3.33. The van der Waals surface area contributed by atoms with Crippen molar-refractivity contribution in [3.63, 3.8) is 0 Å². The van der Waals surface area contributed by atoms with E-state index in [1.807, 2.05) is 85.8 Å². The molecule has 0 saturated heterocycles. The van der Waals surface area contributed by atoms with Crippen molar-refractivity contribution >= 4 is 0 Å². The van der Waals surface area contributed by atoms with Gasteiger partial charge in [-0.3, -0.25) is 18.9 Å². The van der Waals surface area contributed by atoms with Gasteiger partial charge in [0.25, 0.3) is 5.56 Å². The first-order valence-corrected chi connectivity index (χ1v) is 12.9. The fraction of sp³-hybridized carbons (Fsp3) is 0.226. The van der Waals surface area contributed by atoms with E-state index in [-0.39, 0.29) is 36.5 Å². The van der Waals surface area contributed by atoms with Crippen LogP contribution in [-0.2, 0) is 19.4 Å². The van der Waals surface area contributed by atoms with Crippen LogP contribution in [0.15, 0.2) is 93.0 Å². The van der Waals surface area contributed by atoms with Gasteiger partial charge in [0.1, 0.15) is 5.82 Å². The third kappa shape index (κ3) is 6.56. The Morgan fingerprint density at radius 2 is 1.59 bits per heavy atom. The molecule has 0 fully saturated rings. The Balaban J connectivity index is 0.00000220. The average Bonchev–Trinajstić information content (AvgIpc) is 3.38. The molecule has 0 unspecified atom stereocenters. The first-order valence-electron chi connectivity index (χ1n) is 12.9. The van der Waals surface area contributed by atoms with E-state index >= 15 is 0 Å². The van der Waals surface area contributed by atoms with Crippen molar-refractivity contribution in [2.75, 3.05) is 0 Å². The zero-order chi connectivity index (χ0) is 26.5. The number of nitrogens with one attached hydrogen (secondary N) is 1. The van der Waals surface area contributed by atoms with E-state index in [9.17, 15) is 9.59 Å². The number of unbranched alkanes of at least 4 members (excludes halogenated alkanes) is 1. The maximum atomic E-state index is 13.8. The molecule has 8 heteroatoms. The van der Waals surface area contributed by atoms with Crippen molar-refractivity contribution in [2.45, 2.75) is 46.1 Å². The van der Waals surface area contributed by atoms with Crippen molar-refractivity contribution in [2.24, 2.45) is 0 Å². The van der Waals surface area contributed by atoms with Crippen LogP contribution in [0.2, 0.25) is 0 Å². The monoisotopic (exact) mass is 530 g/mol. The first-order chi connectivity index (χ1) is 18.5. The van der Waals surface area contributed by atoms with Gasteiger partial charge < -0.3 is 1.43 Å².